The number of hydrogen-bond acceptors (Lipinski definition) is 7. The van der Waals surface area contributed by atoms with Crippen LogP contribution in [0.4, 0.5) is 15.8 Å². The minimum absolute atomic E-state index is 0.232. The highest BCUT2D eigenvalue weighted by molar-refractivity contribution is 6.32. The highest BCUT2D eigenvalue weighted by Crippen LogP contribution is 2.61. The van der Waals surface area contributed by atoms with Crippen molar-refractivity contribution in [2.24, 2.45) is 5.41 Å². The molecule has 212 valence electrons. The summed E-state index contributed by atoms with van der Waals surface area (Å²) in [6.07, 6.45) is 3.33. The van der Waals surface area contributed by atoms with Gasteiger partial charge in [0.15, 0.2) is 17.3 Å². The summed E-state index contributed by atoms with van der Waals surface area (Å²) >= 11 is 0. The molecule has 2 aliphatic heterocycles. The molecule has 0 saturated carbocycles. The Kier molecular flexibility index (Phi) is 5.88. The first-order valence-corrected chi connectivity index (χ1v) is 13.6. The van der Waals surface area contributed by atoms with Crippen molar-refractivity contribution in [3.05, 3.63) is 141 Å². The predicted molar refractivity (Wildman–Crippen MR) is 156 cm³/mol. The van der Waals surface area contributed by atoms with E-state index in [2.05, 4.69) is 0 Å². The SMILES string of the molecule is COc1cccc(C(=O)[C@@H]2[C@H](c3cccc([N+](=O)[O-])c3)C3(C(=O)c4ccccc4C3=O)[C@@H]3C=Cc4cc(F)ccc4N23)c1. The number of nitro groups is 1. The molecule has 0 amide bonds. The average molecular weight is 575 g/mol. The number of fused-ring (bicyclic) bond motifs is 5. The summed E-state index contributed by atoms with van der Waals surface area (Å²) in [6.45, 7) is 0. The second-order valence-electron chi connectivity index (χ2n) is 10.9. The molecule has 2 heterocycles. The van der Waals surface area contributed by atoms with Gasteiger partial charge in [-0.2, -0.15) is 0 Å². The maximum atomic E-state index is 14.7. The highest BCUT2D eigenvalue weighted by atomic mass is 19.1. The van der Waals surface area contributed by atoms with E-state index in [1.165, 1.54) is 43.5 Å². The standard InChI is InChI=1S/C34H23FN2O6/c1-43-24-9-5-7-21(18-24)31(38)30-29(20-6-4-8-23(17-20)37(41)42)34(32(39)25-10-2-3-11-26(25)33(34)40)28-15-12-19-16-22(35)13-14-27(19)36(28)30/h2-18,28-30H,1H3/t28-,29-,30-/m0/s1. The number of methoxy groups -OCH3 is 1. The number of rotatable bonds is 5. The van der Waals surface area contributed by atoms with E-state index in [9.17, 15) is 28.9 Å². The number of hydrogen-bond donors (Lipinski definition) is 0. The van der Waals surface area contributed by atoms with Crippen LogP contribution < -0.4 is 9.64 Å². The number of ketones is 3. The largest absolute Gasteiger partial charge is 0.497 e. The van der Waals surface area contributed by atoms with Crippen molar-refractivity contribution in [2.75, 3.05) is 12.0 Å². The van der Waals surface area contributed by atoms with Crippen molar-refractivity contribution in [1.29, 1.82) is 0 Å². The number of carbonyl (C=O) groups excluding carboxylic acids is 3. The fraction of sp³-hybridized carbons (Fsp3) is 0.147. The number of ether oxygens (including phenoxy) is 1. The molecule has 0 N–H and O–H groups in total. The smallest absolute Gasteiger partial charge is 0.269 e. The van der Waals surface area contributed by atoms with Gasteiger partial charge in [0, 0.05) is 46.0 Å². The molecule has 1 saturated heterocycles. The molecule has 0 unspecified atom stereocenters. The number of carbonyl (C=O) groups is 3. The zero-order chi connectivity index (χ0) is 30.0. The first-order valence-electron chi connectivity index (χ1n) is 13.6. The van der Waals surface area contributed by atoms with Crippen LogP contribution in [0.15, 0.2) is 97.1 Å². The first-order chi connectivity index (χ1) is 20.8. The number of nitro benzene ring substituents is 1. The quantitative estimate of drug-likeness (QED) is 0.123. The Morgan fingerprint density at radius 3 is 2.35 bits per heavy atom. The third-order valence-corrected chi connectivity index (χ3v) is 8.83. The second-order valence-corrected chi connectivity index (χ2v) is 10.9. The highest BCUT2D eigenvalue weighted by Gasteiger charge is 2.71. The van der Waals surface area contributed by atoms with Crippen molar-refractivity contribution < 1.29 is 28.4 Å². The monoisotopic (exact) mass is 574 g/mol. The van der Waals surface area contributed by atoms with E-state index in [-0.39, 0.29) is 22.4 Å². The Morgan fingerprint density at radius 1 is 0.930 bits per heavy atom. The molecule has 9 heteroatoms. The van der Waals surface area contributed by atoms with E-state index in [0.717, 1.165) is 0 Å². The van der Waals surface area contributed by atoms with Gasteiger partial charge in [0.1, 0.15) is 23.0 Å². The van der Waals surface area contributed by atoms with Gasteiger partial charge >= 0.3 is 0 Å². The zero-order valence-electron chi connectivity index (χ0n) is 22.8. The fourth-order valence-electron chi connectivity index (χ4n) is 7.10. The van der Waals surface area contributed by atoms with Gasteiger partial charge in [-0.25, -0.2) is 4.39 Å². The molecule has 0 bridgehead atoms. The van der Waals surface area contributed by atoms with Crippen LogP contribution in [0.1, 0.15) is 48.1 Å². The van der Waals surface area contributed by atoms with Crippen molar-refractivity contribution in [1.82, 2.24) is 0 Å². The van der Waals surface area contributed by atoms with Crippen LogP contribution in [0.3, 0.4) is 0 Å². The molecule has 1 spiro atoms. The fourth-order valence-corrected chi connectivity index (χ4v) is 7.10. The van der Waals surface area contributed by atoms with Gasteiger partial charge in [-0.3, -0.25) is 24.5 Å². The average Bonchev–Trinajstić information content (AvgIpc) is 3.46. The normalized spacial score (nSPS) is 21.0. The lowest BCUT2D eigenvalue weighted by Gasteiger charge is -2.37. The van der Waals surface area contributed by atoms with Gasteiger partial charge in [-0.1, -0.05) is 60.7 Å². The molecule has 3 atom stereocenters. The lowest BCUT2D eigenvalue weighted by molar-refractivity contribution is -0.384. The molecule has 1 fully saturated rings. The molecule has 4 aromatic rings. The third-order valence-electron chi connectivity index (χ3n) is 8.83. The number of Topliss-reactive ketones (excluding diaryl/α,β-unsaturated/α-hetero) is 3. The van der Waals surface area contributed by atoms with Crippen LogP contribution in [-0.2, 0) is 0 Å². The Morgan fingerprint density at radius 2 is 1.65 bits per heavy atom. The van der Waals surface area contributed by atoms with Crippen molar-refractivity contribution in [2.45, 2.75) is 18.0 Å². The summed E-state index contributed by atoms with van der Waals surface area (Å²) in [5.74, 6) is -2.53. The summed E-state index contributed by atoms with van der Waals surface area (Å²) in [6, 6.07) is 20.8. The van der Waals surface area contributed by atoms with Crippen molar-refractivity contribution in [3.63, 3.8) is 0 Å². The number of anilines is 1. The van der Waals surface area contributed by atoms with Crippen molar-refractivity contribution in [3.8, 4) is 5.75 Å². The van der Waals surface area contributed by atoms with Crippen molar-refractivity contribution >= 4 is 34.8 Å². The topological polar surface area (TPSA) is 107 Å². The number of benzene rings is 4. The molecule has 7 rings (SSSR count). The number of nitrogens with zero attached hydrogens (tertiary/aromatic N) is 2. The number of non-ortho nitro benzene ring substituents is 1. The summed E-state index contributed by atoms with van der Waals surface area (Å²) < 4.78 is 19.8. The van der Waals surface area contributed by atoms with Crippen LogP contribution >= 0.6 is 0 Å². The maximum Gasteiger partial charge on any atom is 0.269 e. The Bertz CT molecular complexity index is 1880. The molecule has 43 heavy (non-hydrogen) atoms. The third kappa shape index (κ3) is 3.64. The van der Waals surface area contributed by atoms with Gasteiger partial charge < -0.3 is 9.64 Å². The Balaban J connectivity index is 1.56. The van der Waals surface area contributed by atoms with E-state index in [1.807, 2.05) is 0 Å². The van der Waals surface area contributed by atoms with Crippen LogP contribution in [0.2, 0.25) is 0 Å². The molecule has 3 aliphatic rings. The van der Waals surface area contributed by atoms with E-state index in [0.29, 0.717) is 22.6 Å². The predicted octanol–water partition coefficient (Wildman–Crippen LogP) is 6.06. The lowest BCUT2D eigenvalue weighted by atomic mass is 9.64. The van der Waals surface area contributed by atoms with Gasteiger partial charge in [0.25, 0.3) is 5.69 Å². The first kappa shape index (κ1) is 26.5. The summed E-state index contributed by atoms with van der Waals surface area (Å²) in [5.41, 5.74) is -0.0878. The summed E-state index contributed by atoms with van der Waals surface area (Å²) in [5, 5.41) is 11.9. The van der Waals surface area contributed by atoms with Crippen LogP contribution in [0.25, 0.3) is 6.08 Å². The van der Waals surface area contributed by atoms with E-state index >= 15 is 0 Å². The summed E-state index contributed by atoms with van der Waals surface area (Å²) in [4.78, 5) is 57.1. The molecular weight excluding hydrogens is 551 g/mol. The molecule has 4 aromatic carbocycles. The van der Waals surface area contributed by atoms with E-state index in [4.69, 9.17) is 4.74 Å². The number of halogens is 1. The molecule has 1 aliphatic carbocycles. The molecular formula is C34H23FN2O6. The zero-order valence-corrected chi connectivity index (χ0v) is 22.8. The Hall–Kier alpha value is -5.44. The molecule has 0 radical (unpaired) electrons. The lowest BCUT2D eigenvalue weighted by Crippen LogP contribution is -2.48. The minimum Gasteiger partial charge on any atom is -0.497 e. The van der Waals surface area contributed by atoms with Gasteiger partial charge in [0.2, 0.25) is 0 Å². The summed E-state index contributed by atoms with van der Waals surface area (Å²) in [7, 11) is 1.48. The maximum absolute atomic E-state index is 14.7. The molecule has 0 aromatic heterocycles. The van der Waals surface area contributed by atoms with Gasteiger partial charge in [0.05, 0.1) is 18.1 Å². The Labute approximate surface area is 245 Å². The van der Waals surface area contributed by atoms with Crippen LogP contribution in [0.5, 0.6) is 5.75 Å². The second kappa shape index (κ2) is 9.55. The minimum atomic E-state index is -1.83. The van der Waals surface area contributed by atoms with Crippen LogP contribution in [0, 0.1) is 21.3 Å². The molecule has 8 nitrogen and oxygen atoms in total. The van der Waals surface area contributed by atoms with Gasteiger partial charge in [-0.15, -0.1) is 0 Å². The van der Waals surface area contributed by atoms with Crippen LogP contribution in [-0.4, -0.2) is 41.5 Å². The van der Waals surface area contributed by atoms with E-state index in [1.54, 1.807) is 71.6 Å². The van der Waals surface area contributed by atoms with E-state index < -0.39 is 51.5 Å². The van der Waals surface area contributed by atoms with Gasteiger partial charge in [-0.05, 0) is 35.9 Å².